The van der Waals surface area contributed by atoms with Gasteiger partial charge >= 0.3 is 0 Å². The highest BCUT2D eigenvalue weighted by Gasteiger charge is 2.84. The predicted octanol–water partition coefficient (Wildman–Crippen LogP) is 6.42. The van der Waals surface area contributed by atoms with Crippen LogP contribution in [0, 0.1) is 57.2 Å². The smallest absolute Gasteiger partial charge is 0.129 e. The Bertz CT molecular complexity index is 834. The van der Waals surface area contributed by atoms with Gasteiger partial charge in [-0.1, -0.05) is 34.6 Å². The molecule has 0 aromatic heterocycles. The van der Waals surface area contributed by atoms with Crippen LogP contribution < -0.4 is 0 Å². The van der Waals surface area contributed by atoms with Crippen LogP contribution in [0.5, 0.6) is 0 Å². The topological polar surface area (TPSA) is 46.5 Å². The van der Waals surface area contributed by atoms with Crippen LogP contribution in [0.1, 0.15) is 106 Å². The van der Waals surface area contributed by atoms with E-state index < -0.39 is 0 Å². The lowest BCUT2D eigenvalue weighted by molar-refractivity contribution is -0.143. The van der Waals surface area contributed by atoms with Crippen molar-refractivity contribution in [3.05, 3.63) is 0 Å². The molecule has 6 fully saturated rings. The molecule has 1 heterocycles. The summed E-state index contributed by atoms with van der Waals surface area (Å²) < 4.78 is 6.81. The number of fused-ring (bicyclic) bond motifs is 4. The van der Waals surface area contributed by atoms with Crippen molar-refractivity contribution in [3.8, 4) is 0 Å². The summed E-state index contributed by atoms with van der Waals surface area (Å²) in [5, 5.41) is 10.9. The van der Waals surface area contributed by atoms with Gasteiger partial charge in [-0.05, 0) is 122 Å². The van der Waals surface area contributed by atoms with E-state index in [2.05, 4.69) is 34.6 Å². The summed E-state index contributed by atoms with van der Waals surface area (Å²) in [4.78, 5) is 11.6. The maximum Gasteiger partial charge on any atom is 0.129 e. The molecular formula is C30H48O3. The van der Waals surface area contributed by atoms with Crippen LogP contribution in [-0.4, -0.2) is 29.2 Å². The zero-order valence-electron chi connectivity index (χ0n) is 22.0. The van der Waals surface area contributed by atoms with Crippen molar-refractivity contribution in [2.45, 2.75) is 124 Å². The highest BCUT2D eigenvalue weighted by molar-refractivity contribution is 5.75. The largest absolute Gasteiger partial charge is 0.393 e. The maximum absolute atomic E-state index is 11.6. The van der Waals surface area contributed by atoms with Gasteiger partial charge in [0, 0.05) is 6.42 Å². The Balaban J connectivity index is 1.29. The van der Waals surface area contributed by atoms with E-state index in [-0.39, 0.29) is 17.6 Å². The SMILES string of the molecule is CC(=O)CCC1CC(C)C2C(CC3C4CCC5C(C)(C)C(O)CCC56C(C)C46CCC32C)O1. The van der Waals surface area contributed by atoms with Crippen LogP contribution in [-0.2, 0) is 9.53 Å². The average Bonchev–Trinajstić information content (AvgIpc) is 3.11. The molecule has 3 heteroatoms. The number of ketones is 1. The first-order valence-corrected chi connectivity index (χ1v) is 14.3. The molecule has 0 aromatic carbocycles. The Kier molecular flexibility index (Phi) is 4.94. The van der Waals surface area contributed by atoms with Crippen molar-refractivity contribution in [3.63, 3.8) is 0 Å². The third-order valence-electron chi connectivity index (χ3n) is 13.5. The minimum absolute atomic E-state index is 0.0625. The summed E-state index contributed by atoms with van der Waals surface area (Å²) in [5.74, 6) is 4.87. The van der Waals surface area contributed by atoms with E-state index in [0.29, 0.717) is 52.3 Å². The quantitative estimate of drug-likeness (QED) is 0.533. The van der Waals surface area contributed by atoms with E-state index >= 15 is 0 Å². The van der Waals surface area contributed by atoms with Gasteiger partial charge in [-0.25, -0.2) is 0 Å². The molecule has 6 aliphatic rings. The first-order chi connectivity index (χ1) is 15.5. The van der Waals surface area contributed by atoms with Crippen molar-refractivity contribution in [1.82, 2.24) is 0 Å². The maximum atomic E-state index is 11.6. The Morgan fingerprint density at radius 3 is 2.45 bits per heavy atom. The number of carbonyl (C=O) groups is 1. The second-order valence-electron chi connectivity index (χ2n) is 14.5. The molecule has 0 radical (unpaired) electrons. The van der Waals surface area contributed by atoms with E-state index in [1.54, 1.807) is 6.92 Å². The molecule has 12 unspecified atom stereocenters. The lowest BCUT2D eigenvalue weighted by atomic mass is 9.46. The second kappa shape index (κ2) is 7.09. The number of hydrogen-bond donors (Lipinski definition) is 1. The zero-order valence-corrected chi connectivity index (χ0v) is 22.0. The summed E-state index contributed by atoms with van der Waals surface area (Å²) in [6, 6.07) is 0. The third-order valence-corrected chi connectivity index (χ3v) is 13.5. The molecule has 1 N–H and O–H groups in total. The van der Waals surface area contributed by atoms with Crippen molar-refractivity contribution < 1.29 is 14.6 Å². The number of Topliss-reactive ketones (excluding diaryl/α,β-unsaturated/α-hetero) is 1. The summed E-state index contributed by atoms with van der Waals surface area (Å²) in [6.07, 6.45) is 12.3. The number of rotatable bonds is 3. The number of hydrogen-bond acceptors (Lipinski definition) is 3. The first-order valence-electron chi connectivity index (χ1n) is 14.3. The van der Waals surface area contributed by atoms with E-state index in [4.69, 9.17) is 4.74 Å². The second-order valence-corrected chi connectivity index (χ2v) is 14.5. The van der Waals surface area contributed by atoms with Gasteiger partial charge in [0.15, 0.2) is 0 Å². The molecule has 2 spiro atoms. The first kappa shape index (κ1) is 23.0. The lowest BCUT2D eigenvalue weighted by Gasteiger charge is -2.59. The Hall–Kier alpha value is -0.410. The predicted molar refractivity (Wildman–Crippen MR) is 131 cm³/mol. The molecule has 1 saturated heterocycles. The fourth-order valence-corrected chi connectivity index (χ4v) is 12.2. The van der Waals surface area contributed by atoms with Crippen molar-refractivity contribution in [2.75, 3.05) is 0 Å². The van der Waals surface area contributed by atoms with Crippen LogP contribution in [0.3, 0.4) is 0 Å². The van der Waals surface area contributed by atoms with Crippen LogP contribution in [0.25, 0.3) is 0 Å². The van der Waals surface area contributed by atoms with Crippen molar-refractivity contribution in [1.29, 1.82) is 0 Å². The highest BCUT2D eigenvalue weighted by atomic mass is 16.5. The molecule has 1 aliphatic heterocycles. The Labute approximate surface area is 201 Å². The molecule has 33 heavy (non-hydrogen) atoms. The fraction of sp³-hybridized carbons (Fsp3) is 0.967. The monoisotopic (exact) mass is 456 g/mol. The molecule has 0 amide bonds. The van der Waals surface area contributed by atoms with Crippen LogP contribution >= 0.6 is 0 Å². The molecule has 5 saturated carbocycles. The molecule has 12 atom stereocenters. The van der Waals surface area contributed by atoms with Gasteiger partial charge in [-0.2, -0.15) is 0 Å². The van der Waals surface area contributed by atoms with Crippen molar-refractivity contribution in [2.24, 2.45) is 57.2 Å². The number of carbonyl (C=O) groups excluding carboxylic acids is 1. The molecule has 186 valence electrons. The highest BCUT2D eigenvalue weighted by Crippen LogP contribution is 2.89. The zero-order chi connectivity index (χ0) is 23.6. The normalized spacial score (nSPS) is 58.3. The molecule has 5 aliphatic carbocycles. The van der Waals surface area contributed by atoms with Gasteiger partial charge in [-0.15, -0.1) is 0 Å². The number of aliphatic hydroxyl groups excluding tert-OH is 1. The summed E-state index contributed by atoms with van der Waals surface area (Å²) in [5.41, 5.74) is 1.50. The number of aliphatic hydroxyl groups is 1. The van der Waals surface area contributed by atoms with Gasteiger partial charge < -0.3 is 14.6 Å². The molecule has 0 bridgehead atoms. The Morgan fingerprint density at radius 2 is 1.73 bits per heavy atom. The van der Waals surface area contributed by atoms with Gasteiger partial charge in [0.1, 0.15) is 5.78 Å². The average molecular weight is 457 g/mol. The molecule has 3 nitrogen and oxygen atoms in total. The van der Waals surface area contributed by atoms with Gasteiger partial charge in [0.2, 0.25) is 0 Å². The van der Waals surface area contributed by atoms with Crippen LogP contribution in [0.4, 0.5) is 0 Å². The summed E-state index contributed by atoms with van der Waals surface area (Å²) in [6.45, 7) is 14.2. The van der Waals surface area contributed by atoms with Crippen LogP contribution in [0.2, 0.25) is 0 Å². The van der Waals surface area contributed by atoms with Crippen molar-refractivity contribution >= 4 is 5.78 Å². The summed E-state index contributed by atoms with van der Waals surface area (Å²) >= 11 is 0. The minimum atomic E-state index is -0.126. The molecule has 6 rings (SSSR count). The van der Waals surface area contributed by atoms with Gasteiger partial charge in [-0.3, -0.25) is 0 Å². The standard InChI is InChI=1S/C30H48O3/c1-17-15-20(8-7-18(2)31)33-23-16-22-21-9-10-24-27(4,5)25(32)11-12-30(24)19(3)29(21,30)14-13-28(22,6)26(17)23/h17,19-26,32H,7-16H2,1-6H3. The molecular weight excluding hydrogens is 408 g/mol. The van der Waals surface area contributed by atoms with Gasteiger partial charge in [0.05, 0.1) is 18.3 Å². The van der Waals surface area contributed by atoms with E-state index in [1.165, 1.54) is 38.5 Å². The van der Waals surface area contributed by atoms with Gasteiger partial charge in [0.25, 0.3) is 0 Å². The lowest BCUT2D eigenvalue weighted by Crippen LogP contribution is -2.54. The van der Waals surface area contributed by atoms with E-state index in [1.807, 2.05) is 0 Å². The fourth-order valence-electron chi connectivity index (χ4n) is 12.2. The van der Waals surface area contributed by atoms with E-state index in [0.717, 1.165) is 37.0 Å². The molecule has 0 aromatic rings. The Morgan fingerprint density at radius 1 is 0.970 bits per heavy atom. The van der Waals surface area contributed by atoms with E-state index in [9.17, 15) is 9.90 Å². The number of ether oxygens (including phenoxy) is 1. The summed E-state index contributed by atoms with van der Waals surface area (Å²) in [7, 11) is 0. The van der Waals surface area contributed by atoms with Crippen LogP contribution in [0.15, 0.2) is 0 Å². The third kappa shape index (κ3) is 2.68. The minimum Gasteiger partial charge on any atom is -0.393 e.